The van der Waals surface area contributed by atoms with E-state index < -0.39 is 28.9 Å². The number of rotatable bonds is 10. The van der Waals surface area contributed by atoms with Gasteiger partial charge in [0.05, 0.1) is 16.1 Å². The van der Waals surface area contributed by atoms with Crippen LogP contribution in [0.1, 0.15) is 18.6 Å². The molecule has 220 valence electrons. The number of nitro groups is 1. The molecular weight excluding hydrogens is 552 g/mol. The topological polar surface area (TPSA) is 127 Å². The van der Waals surface area contributed by atoms with Crippen molar-refractivity contribution in [2.24, 2.45) is 0 Å². The lowest BCUT2D eigenvalue weighted by Gasteiger charge is -2.25. The number of anilines is 3. The summed E-state index contributed by atoms with van der Waals surface area (Å²) in [5, 5.41) is 12.8. The van der Waals surface area contributed by atoms with Crippen molar-refractivity contribution < 1.29 is 28.0 Å². The maximum Gasteiger partial charge on any atom is 0.387 e. The van der Waals surface area contributed by atoms with Gasteiger partial charge in [0.1, 0.15) is 11.4 Å². The van der Waals surface area contributed by atoms with E-state index in [9.17, 15) is 28.5 Å². The number of nitro benzene ring substituents is 1. The summed E-state index contributed by atoms with van der Waals surface area (Å²) in [5.74, 6) is -1.64. The third-order valence-corrected chi connectivity index (χ3v) is 6.49. The number of carbonyl (C=O) groups is 2. The van der Waals surface area contributed by atoms with Crippen LogP contribution in [-0.2, 0) is 4.79 Å². The minimum absolute atomic E-state index is 0.0245. The number of para-hydroxylation sites is 1. The van der Waals surface area contributed by atoms with Crippen molar-refractivity contribution in [1.82, 2.24) is 19.4 Å². The Morgan fingerprint density at radius 3 is 2.40 bits per heavy atom. The fraction of sp³-hybridized carbons (Fsp3) is 0.286. The van der Waals surface area contributed by atoms with Gasteiger partial charge in [-0.05, 0) is 26.2 Å². The van der Waals surface area contributed by atoms with Crippen molar-refractivity contribution in [3.63, 3.8) is 0 Å². The summed E-state index contributed by atoms with van der Waals surface area (Å²) in [5.41, 5.74) is 0.786. The van der Waals surface area contributed by atoms with E-state index in [1.807, 2.05) is 19.0 Å². The van der Waals surface area contributed by atoms with Gasteiger partial charge in [0, 0.05) is 69.5 Å². The first-order chi connectivity index (χ1) is 19.9. The average molecular weight is 582 g/mol. The highest BCUT2D eigenvalue weighted by Crippen LogP contribution is 2.43. The summed E-state index contributed by atoms with van der Waals surface area (Å²) < 4.78 is 33.4. The normalized spacial score (nSPS) is 11.3. The standard InChI is InChI=1S/C28H29F2N7O5/c1-17(38)35-16-20(19-8-6-7-9-22(19)35)21-10-11-31-28(32-21)36(18(2)39)25-14-24(37(40)41)23(15-26(25)42-27(29)30)34(5)13-12-33(3)4/h6-11,14-16,27H,12-13H2,1-5H3. The van der Waals surface area contributed by atoms with E-state index in [4.69, 9.17) is 4.74 Å². The fourth-order valence-corrected chi connectivity index (χ4v) is 4.50. The van der Waals surface area contributed by atoms with Gasteiger partial charge in [0.2, 0.25) is 17.8 Å². The molecule has 1 amide bonds. The second-order valence-corrected chi connectivity index (χ2v) is 9.71. The molecule has 2 aromatic heterocycles. The van der Waals surface area contributed by atoms with Crippen molar-refractivity contribution in [2.75, 3.05) is 44.0 Å². The Morgan fingerprint density at radius 1 is 1.07 bits per heavy atom. The molecule has 4 rings (SSSR count). The van der Waals surface area contributed by atoms with Crippen LogP contribution in [0.5, 0.6) is 5.75 Å². The Bertz CT molecular complexity index is 1660. The van der Waals surface area contributed by atoms with Gasteiger partial charge < -0.3 is 14.5 Å². The van der Waals surface area contributed by atoms with Gasteiger partial charge >= 0.3 is 6.61 Å². The van der Waals surface area contributed by atoms with Crippen LogP contribution in [0.15, 0.2) is 54.9 Å². The number of alkyl halides is 2. The number of hydrogen-bond acceptors (Lipinski definition) is 9. The molecular formula is C28H29F2N7O5. The first-order valence-electron chi connectivity index (χ1n) is 12.8. The van der Waals surface area contributed by atoms with Crippen LogP contribution in [-0.4, -0.2) is 77.0 Å². The number of halogens is 2. The predicted octanol–water partition coefficient (Wildman–Crippen LogP) is 4.95. The lowest BCUT2D eigenvalue weighted by molar-refractivity contribution is -0.384. The van der Waals surface area contributed by atoms with Gasteiger partial charge in [-0.15, -0.1) is 0 Å². The molecule has 2 aromatic carbocycles. The summed E-state index contributed by atoms with van der Waals surface area (Å²) >= 11 is 0. The molecule has 0 unspecified atom stereocenters. The molecule has 4 aromatic rings. The Kier molecular flexibility index (Phi) is 8.76. The number of hydrogen-bond donors (Lipinski definition) is 0. The zero-order valence-electron chi connectivity index (χ0n) is 23.6. The number of amides is 1. The summed E-state index contributed by atoms with van der Waals surface area (Å²) in [4.78, 5) is 49.7. The molecule has 12 nitrogen and oxygen atoms in total. The molecule has 0 atom stereocenters. The zero-order chi connectivity index (χ0) is 30.7. The van der Waals surface area contributed by atoms with E-state index in [1.165, 1.54) is 17.7 Å². The Balaban J connectivity index is 1.89. The smallest absolute Gasteiger partial charge is 0.387 e. The SMILES string of the molecule is CC(=O)N(c1nccc(-c2cn(C(C)=O)c3ccccc23)n1)c1cc([N+](=O)[O-])c(N(C)CCN(C)C)cc1OC(F)F. The largest absolute Gasteiger partial charge is 0.432 e. The van der Waals surface area contributed by atoms with Crippen LogP contribution in [0, 0.1) is 10.1 Å². The second-order valence-electron chi connectivity index (χ2n) is 9.71. The van der Waals surface area contributed by atoms with Crippen LogP contribution in [0.4, 0.5) is 31.8 Å². The third-order valence-electron chi connectivity index (χ3n) is 6.49. The van der Waals surface area contributed by atoms with E-state index in [1.54, 1.807) is 48.5 Å². The number of aromatic nitrogens is 3. The lowest BCUT2D eigenvalue weighted by Crippen LogP contribution is -2.29. The summed E-state index contributed by atoms with van der Waals surface area (Å²) in [7, 11) is 5.24. The van der Waals surface area contributed by atoms with E-state index in [0.717, 1.165) is 24.0 Å². The van der Waals surface area contributed by atoms with Crippen molar-refractivity contribution in [3.8, 4) is 17.0 Å². The molecule has 14 heteroatoms. The van der Waals surface area contributed by atoms with Crippen molar-refractivity contribution in [1.29, 1.82) is 0 Å². The van der Waals surface area contributed by atoms with Crippen LogP contribution < -0.4 is 14.5 Å². The van der Waals surface area contributed by atoms with Gasteiger partial charge in [-0.25, -0.2) is 14.9 Å². The third kappa shape index (κ3) is 6.17. The number of likely N-dealkylation sites (N-methyl/N-ethyl adjacent to an activating group) is 2. The highest BCUT2D eigenvalue weighted by atomic mass is 19.3. The monoisotopic (exact) mass is 581 g/mol. The lowest BCUT2D eigenvalue weighted by atomic mass is 10.1. The van der Waals surface area contributed by atoms with E-state index >= 15 is 0 Å². The molecule has 0 fully saturated rings. The molecule has 0 aliphatic heterocycles. The van der Waals surface area contributed by atoms with Crippen LogP contribution in [0.25, 0.3) is 22.2 Å². The molecule has 0 aliphatic rings. The van der Waals surface area contributed by atoms with Crippen LogP contribution in [0.2, 0.25) is 0 Å². The quantitative estimate of drug-likeness (QED) is 0.189. The average Bonchev–Trinajstić information content (AvgIpc) is 3.32. The number of nitrogens with zero attached hydrogens (tertiary/aromatic N) is 7. The molecule has 0 radical (unpaired) electrons. The Labute approximate surface area is 239 Å². The first kappa shape index (κ1) is 30.0. The van der Waals surface area contributed by atoms with Crippen molar-refractivity contribution in [2.45, 2.75) is 20.5 Å². The molecule has 0 aliphatic carbocycles. The maximum absolute atomic E-state index is 13.6. The zero-order valence-corrected chi connectivity index (χ0v) is 23.6. The number of ether oxygens (including phenoxy) is 1. The molecule has 0 saturated heterocycles. The van der Waals surface area contributed by atoms with Crippen molar-refractivity contribution in [3.05, 3.63) is 65.0 Å². The number of fused-ring (bicyclic) bond motifs is 1. The minimum Gasteiger partial charge on any atom is -0.432 e. The highest BCUT2D eigenvalue weighted by molar-refractivity contribution is 6.02. The number of benzene rings is 2. The summed E-state index contributed by atoms with van der Waals surface area (Å²) in [6, 6.07) is 10.8. The minimum atomic E-state index is -3.29. The van der Waals surface area contributed by atoms with E-state index in [2.05, 4.69) is 9.97 Å². The number of carbonyl (C=O) groups excluding carboxylic acids is 2. The summed E-state index contributed by atoms with van der Waals surface area (Å²) in [6.45, 7) is 0.145. The van der Waals surface area contributed by atoms with Crippen LogP contribution >= 0.6 is 0 Å². The first-order valence-corrected chi connectivity index (χ1v) is 12.8. The van der Waals surface area contributed by atoms with E-state index in [-0.39, 0.29) is 23.2 Å². The van der Waals surface area contributed by atoms with Crippen LogP contribution in [0.3, 0.4) is 0 Å². The second kappa shape index (κ2) is 12.3. The molecule has 2 heterocycles. The Hall–Kier alpha value is -4.98. The van der Waals surface area contributed by atoms with Gasteiger partial charge in [-0.2, -0.15) is 8.78 Å². The van der Waals surface area contributed by atoms with Gasteiger partial charge in [-0.3, -0.25) is 24.3 Å². The van der Waals surface area contributed by atoms with Gasteiger partial charge in [0.25, 0.3) is 5.69 Å². The highest BCUT2D eigenvalue weighted by Gasteiger charge is 2.30. The Morgan fingerprint density at radius 2 is 1.79 bits per heavy atom. The van der Waals surface area contributed by atoms with Gasteiger partial charge in [-0.1, -0.05) is 18.2 Å². The fourth-order valence-electron chi connectivity index (χ4n) is 4.50. The molecule has 0 N–H and O–H groups in total. The molecule has 0 saturated carbocycles. The van der Waals surface area contributed by atoms with E-state index in [0.29, 0.717) is 35.2 Å². The van der Waals surface area contributed by atoms with Gasteiger partial charge in [0.15, 0.2) is 5.75 Å². The molecule has 0 spiro atoms. The molecule has 42 heavy (non-hydrogen) atoms. The predicted molar refractivity (Wildman–Crippen MR) is 154 cm³/mol. The molecule has 0 bridgehead atoms. The maximum atomic E-state index is 13.6. The summed E-state index contributed by atoms with van der Waals surface area (Å²) in [6.07, 6.45) is 2.96. The van der Waals surface area contributed by atoms with Crippen molar-refractivity contribution >= 4 is 45.7 Å².